The minimum Gasteiger partial charge on any atom is -0.369 e. The van der Waals surface area contributed by atoms with Crippen LogP contribution < -0.4 is 26.0 Å². The van der Waals surface area contributed by atoms with Gasteiger partial charge in [0, 0.05) is 74.1 Å². The molecule has 4 aliphatic rings. The number of piperazine rings is 1. The van der Waals surface area contributed by atoms with Gasteiger partial charge in [0.05, 0.1) is 23.0 Å². The van der Waals surface area contributed by atoms with Gasteiger partial charge in [-0.25, -0.2) is 4.98 Å². The Balaban J connectivity index is 0.959. The van der Waals surface area contributed by atoms with E-state index in [0.717, 1.165) is 59.8 Å². The number of aryl methyl sites for hydroxylation is 1. The Morgan fingerprint density at radius 1 is 0.878 bits per heavy atom. The number of anilines is 4. The molecule has 0 saturated carbocycles. The molecule has 0 spiro atoms. The average molecular weight is 732 g/mol. The molecule has 7 rings (SSSR count). The third kappa shape index (κ3) is 6.23. The van der Waals surface area contributed by atoms with E-state index in [-0.39, 0.29) is 30.5 Å². The summed E-state index contributed by atoms with van der Waals surface area (Å²) in [5.41, 5.74) is 2.86. The van der Waals surface area contributed by atoms with Gasteiger partial charge >= 0.3 is 0 Å². The van der Waals surface area contributed by atoms with Gasteiger partial charge in [-0.05, 0) is 85.4 Å². The van der Waals surface area contributed by atoms with Crippen molar-refractivity contribution in [2.75, 3.05) is 41.3 Å². The molecule has 3 fully saturated rings. The molecule has 2 aromatic heterocycles. The number of piperidine rings is 2. The molecule has 0 aliphatic carbocycles. The second kappa shape index (κ2) is 13.0. The number of halogens is 1. The summed E-state index contributed by atoms with van der Waals surface area (Å²) >= 11 is 3.44. The van der Waals surface area contributed by atoms with Crippen LogP contribution in [-0.4, -0.2) is 93.3 Å². The molecule has 13 nitrogen and oxygen atoms in total. The summed E-state index contributed by atoms with van der Waals surface area (Å²) < 4.78 is 2.32. The topological polar surface area (TPSA) is 140 Å². The molecule has 4 amide bonds. The smallest absolute Gasteiger partial charge is 0.274 e. The van der Waals surface area contributed by atoms with E-state index < -0.39 is 29.7 Å². The summed E-state index contributed by atoms with van der Waals surface area (Å²) in [7, 11) is 1.71. The van der Waals surface area contributed by atoms with Crippen LogP contribution in [0.15, 0.2) is 58.1 Å². The monoisotopic (exact) mass is 730 g/mol. The van der Waals surface area contributed by atoms with Crippen molar-refractivity contribution in [1.29, 1.82) is 0 Å². The van der Waals surface area contributed by atoms with Gasteiger partial charge in [0.25, 0.3) is 17.4 Å². The van der Waals surface area contributed by atoms with Crippen LogP contribution in [0.25, 0.3) is 0 Å². The number of rotatable bonds is 6. The van der Waals surface area contributed by atoms with E-state index in [1.165, 1.54) is 4.57 Å². The minimum atomic E-state index is -0.974. The first-order valence-corrected chi connectivity index (χ1v) is 17.5. The molecule has 49 heavy (non-hydrogen) atoms. The van der Waals surface area contributed by atoms with Crippen molar-refractivity contribution in [3.63, 3.8) is 0 Å². The SMILES string of the molecule is CC1CN([C@@H]2CCN(c3ccc4c(c3)C(=O)N(C3CCC(=O)NC3=O)C4=O)[C@H](C)C2)CCN1c1ccc(Nc2cc(Br)cn(C)c2=O)nc1. The summed E-state index contributed by atoms with van der Waals surface area (Å²) in [6, 6.07) is 11.0. The van der Waals surface area contributed by atoms with Crippen LogP contribution in [-0.2, 0) is 16.6 Å². The fraction of sp³-hybridized carbons (Fsp3) is 0.429. The lowest BCUT2D eigenvalue weighted by Crippen LogP contribution is -2.58. The molecule has 4 atom stereocenters. The predicted octanol–water partition coefficient (Wildman–Crippen LogP) is 3.26. The number of pyridine rings is 2. The molecule has 6 heterocycles. The average Bonchev–Trinajstić information content (AvgIpc) is 3.32. The first-order chi connectivity index (χ1) is 23.5. The third-order valence-corrected chi connectivity index (χ3v) is 10.7. The molecular weight excluding hydrogens is 692 g/mol. The van der Waals surface area contributed by atoms with Gasteiger partial charge in [-0.15, -0.1) is 0 Å². The van der Waals surface area contributed by atoms with Gasteiger partial charge in [0.1, 0.15) is 17.5 Å². The zero-order chi connectivity index (χ0) is 34.6. The molecular formula is C35H39BrN8O5. The minimum absolute atomic E-state index is 0.0926. The van der Waals surface area contributed by atoms with E-state index in [2.05, 4.69) is 60.1 Å². The number of nitrogens with zero attached hydrogens (tertiary/aromatic N) is 6. The highest BCUT2D eigenvalue weighted by Gasteiger charge is 2.45. The molecule has 2 N–H and O–H groups in total. The van der Waals surface area contributed by atoms with Crippen LogP contribution in [0.3, 0.4) is 0 Å². The zero-order valence-electron chi connectivity index (χ0n) is 27.7. The summed E-state index contributed by atoms with van der Waals surface area (Å²) in [6.45, 7) is 7.99. The Bertz CT molecular complexity index is 1900. The fourth-order valence-corrected chi connectivity index (χ4v) is 8.27. The molecule has 0 bridgehead atoms. The number of hydrogen-bond acceptors (Lipinski definition) is 10. The number of hydrogen-bond donors (Lipinski definition) is 2. The van der Waals surface area contributed by atoms with Crippen LogP contribution in [0, 0.1) is 0 Å². The highest BCUT2D eigenvalue weighted by molar-refractivity contribution is 9.10. The third-order valence-electron chi connectivity index (χ3n) is 10.3. The molecule has 4 aliphatic heterocycles. The number of fused-ring (bicyclic) bond motifs is 1. The highest BCUT2D eigenvalue weighted by atomic mass is 79.9. The first-order valence-electron chi connectivity index (χ1n) is 16.7. The maximum absolute atomic E-state index is 13.4. The van der Waals surface area contributed by atoms with E-state index in [9.17, 15) is 24.0 Å². The van der Waals surface area contributed by atoms with Crippen molar-refractivity contribution < 1.29 is 19.2 Å². The summed E-state index contributed by atoms with van der Waals surface area (Å²) in [4.78, 5) is 76.0. The van der Waals surface area contributed by atoms with Crippen molar-refractivity contribution >= 4 is 62.4 Å². The maximum Gasteiger partial charge on any atom is 0.274 e. The molecule has 0 radical (unpaired) electrons. The largest absolute Gasteiger partial charge is 0.369 e. The molecule has 14 heteroatoms. The second-order valence-electron chi connectivity index (χ2n) is 13.4. The molecule has 1 aromatic carbocycles. The van der Waals surface area contributed by atoms with Crippen molar-refractivity contribution in [3.8, 4) is 0 Å². The van der Waals surface area contributed by atoms with Crippen molar-refractivity contribution in [3.05, 3.63) is 74.7 Å². The van der Waals surface area contributed by atoms with Crippen LogP contribution in [0.1, 0.15) is 60.2 Å². The van der Waals surface area contributed by atoms with E-state index in [0.29, 0.717) is 28.7 Å². The van der Waals surface area contributed by atoms with Gasteiger partial charge in [-0.3, -0.25) is 39.1 Å². The van der Waals surface area contributed by atoms with E-state index >= 15 is 0 Å². The Hall–Kier alpha value is -4.56. The highest BCUT2D eigenvalue weighted by Crippen LogP contribution is 2.34. The number of benzene rings is 1. The Morgan fingerprint density at radius 2 is 1.63 bits per heavy atom. The van der Waals surface area contributed by atoms with E-state index in [1.54, 1.807) is 31.4 Å². The summed E-state index contributed by atoms with van der Waals surface area (Å²) in [5, 5.41) is 5.38. The normalized spacial score (nSPS) is 24.7. The zero-order valence-corrected chi connectivity index (χ0v) is 29.3. The Morgan fingerprint density at radius 3 is 2.35 bits per heavy atom. The molecule has 3 saturated heterocycles. The van der Waals surface area contributed by atoms with Crippen molar-refractivity contribution in [2.45, 2.75) is 63.7 Å². The standard InChI is InChI=1S/C35H39BrN8O5/c1-20-14-23(10-11-42(20)24-4-6-26-27(16-24)34(48)44(33(26)47)29-7-9-31(45)39-32(29)46)41-12-13-43(21(2)18-41)25-5-8-30(37-17-25)38-28-15-22(36)19-40(3)35(28)49/h4-6,8,15-17,19-21,23,29H,7,9-14,18H2,1-3H3,(H,37,38)(H,39,45,46)/t20-,21?,23-,29?/m1/s1. The summed E-state index contributed by atoms with van der Waals surface area (Å²) in [5.74, 6) is -1.36. The van der Waals surface area contributed by atoms with Crippen LogP contribution in [0.5, 0.6) is 0 Å². The number of aromatic nitrogens is 2. The lowest BCUT2D eigenvalue weighted by Gasteiger charge is -2.48. The van der Waals surface area contributed by atoms with Crippen LogP contribution >= 0.6 is 15.9 Å². The van der Waals surface area contributed by atoms with Gasteiger partial charge in [0.2, 0.25) is 11.8 Å². The molecule has 256 valence electrons. The van der Waals surface area contributed by atoms with Crippen molar-refractivity contribution in [2.24, 2.45) is 7.05 Å². The number of imide groups is 2. The lowest BCUT2D eigenvalue weighted by atomic mass is 9.94. The van der Waals surface area contributed by atoms with Gasteiger partial charge in [0.15, 0.2) is 0 Å². The predicted molar refractivity (Wildman–Crippen MR) is 188 cm³/mol. The summed E-state index contributed by atoms with van der Waals surface area (Å²) in [6.07, 6.45) is 5.75. The fourth-order valence-electron chi connectivity index (χ4n) is 7.73. The van der Waals surface area contributed by atoms with E-state index in [1.807, 2.05) is 24.4 Å². The van der Waals surface area contributed by atoms with Gasteiger partial charge in [-0.2, -0.15) is 0 Å². The van der Waals surface area contributed by atoms with Gasteiger partial charge < -0.3 is 19.7 Å². The number of amides is 4. The quantitative estimate of drug-likeness (QED) is 0.364. The molecule has 3 aromatic rings. The maximum atomic E-state index is 13.4. The first kappa shape index (κ1) is 33.0. The van der Waals surface area contributed by atoms with Crippen LogP contribution in [0.4, 0.5) is 22.9 Å². The second-order valence-corrected chi connectivity index (χ2v) is 14.4. The van der Waals surface area contributed by atoms with Crippen LogP contribution in [0.2, 0.25) is 0 Å². The number of carbonyl (C=O) groups excluding carboxylic acids is 4. The lowest BCUT2D eigenvalue weighted by molar-refractivity contribution is -0.136. The molecule has 2 unspecified atom stereocenters. The number of carbonyl (C=O) groups is 4. The Kier molecular flexibility index (Phi) is 8.78. The van der Waals surface area contributed by atoms with E-state index in [4.69, 9.17) is 0 Å². The number of nitrogens with one attached hydrogen (secondary N) is 2. The van der Waals surface area contributed by atoms with Crippen molar-refractivity contribution in [1.82, 2.24) is 24.7 Å². The Labute approximate surface area is 292 Å². The van der Waals surface area contributed by atoms with Gasteiger partial charge in [-0.1, -0.05) is 0 Å².